The van der Waals surface area contributed by atoms with Crippen LogP contribution in [0.15, 0.2) is 91.0 Å². The Morgan fingerprint density at radius 2 is 0.925 bits per heavy atom. The van der Waals surface area contributed by atoms with E-state index in [-0.39, 0.29) is 39.2 Å². The average Bonchev–Trinajstić information content (AvgIpc) is 3.14. The van der Waals surface area contributed by atoms with Crippen LogP contribution in [-0.4, -0.2) is 60.9 Å². The monoisotopic (exact) mass is 732 g/mol. The van der Waals surface area contributed by atoms with E-state index in [0.717, 1.165) is 16.7 Å². The molecule has 53 heavy (non-hydrogen) atoms. The summed E-state index contributed by atoms with van der Waals surface area (Å²) in [5.41, 5.74) is 1.70. The first kappa shape index (κ1) is 41.8. The van der Waals surface area contributed by atoms with Gasteiger partial charge in [0, 0.05) is 13.1 Å². The summed E-state index contributed by atoms with van der Waals surface area (Å²) in [4.78, 5) is 63.9. The Hall–Kier alpha value is -5.59. The molecule has 13 nitrogen and oxygen atoms in total. The molecule has 0 aliphatic heterocycles. The molecule has 4 amide bonds. The van der Waals surface area contributed by atoms with E-state index in [4.69, 9.17) is 18.9 Å². The van der Waals surface area contributed by atoms with E-state index in [0.29, 0.717) is 32.2 Å². The van der Waals surface area contributed by atoms with Crippen molar-refractivity contribution in [3.05, 3.63) is 108 Å². The maximum atomic E-state index is 13.6. The van der Waals surface area contributed by atoms with Gasteiger partial charge in [-0.3, -0.25) is 4.79 Å². The van der Waals surface area contributed by atoms with Crippen molar-refractivity contribution in [1.29, 1.82) is 0 Å². The lowest BCUT2D eigenvalue weighted by Crippen LogP contribution is -2.52. The minimum Gasteiger partial charge on any atom is -0.458 e. The van der Waals surface area contributed by atoms with Crippen molar-refractivity contribution in [2.24, 2.45) is 0 Å². The minimum atomic E-state index is -1.05. The van der Waals surface area contributed by atoms with Crippen LogP contribution in [0.25, 0.3) is 0 Å². The molecule has 0 unspecified atom stereocenters. The molecule has 0 aliphatic rings. The largest absolute Gasteiger partial charge is 0.458 e. The third-order valence-electron chi connectivity index (χ3n) is 7.63. The number of carbonyl (C=O) groups excluding carboxylic acids is 5. The standard InChI is InChI=1S/C40H52N4O9/c1-40(2,3)53-36(46)34(24-14-16-26-42-38(48)51-28-31-19-9-5-10-20-31)43-35(45)33(44-39(49)52-29-32-21-11-6-12-22-32)23-13-15-25-41-37(47)50-27-30-17-7-4-8-18-30/h4-12,17-22,33-34H,13-16,23-29H2,1-3H3,(H,41,47)(H,42,48)(H,43,45)(H,44,49)/t33-,34-/m0/s1. The minimum absolute atomic E-state index is 0.00436. The lowest BCUT2D eigenvalue weighted by molar-refractivity contribution is -0.159. The zero-order valence-electron chi connectivity index (χ0n) is 30.8. The Bertz CT molecular complexity index is 1550. The van der Waals surface area contributed by atoms with Crippen LogP contribution in [-0.2, 0) is 48.4 Å². The molecule has 0 saturated carbocycles. The van der Waals surface area contributed by atoms with Crippen molar-refractivity contribution in [1.82, 2.24) is 21.3 Å². The molecule has 0 heterocycles. The van der Waals surface area contributed by atoms with Gasteiger partial charge < -0.3 is 40.2 Å². The number of carbonyl (C=O) groups is 5. The van der Waals surface area contributed by atoms with Gasteiger partial charge in [0.25, 0.3) is 0 Å². The zero-order valence-corrected chi connectivity index (χ0v) is 30.8. The molecular weight excluding hydrogens is 680 g/mol. The molecule has 0 radical (unpaired) electrons. The fourth-order valence-electron chi connectivity index (χ4n) is 4.95. The molecule has 4 N–H and O–H groups in total. The summed E-state index contributed by atoms with van der Waals surface area (Å²) in [6.07, 6.45) is 0.403. The summed E-state index contributed by atoms with van der Waals surface area (Å²) in [5, 5.41) is 10.8. The fraction of sp³-hybridized carbons (Fsp3) is 0.425. The second-order valence-corrected chi connectivity index (χ2v) is 13.3. The molecule has 0 aromatic heterocycles. The number of rotatable bonds is 20. The summed E-state index contributed by atoms with van der Waals surface area (Å²) in [5.74, 6) is -1.21. The molecule has 286 valence electrons. The second kappa shape index (κ2) is 23.1. The Kier molecular flexibility index (Phi) is 18.2. The number of unbranched alkanes of at least 4 members (excludes halogenated alkanes) is 2. The number of benzene rings is 3. The first-order valence-corrected chi connectivity index (χ1v) is 17.9. The molecule has 0 fully saturated rings. The van der Waals surface area contributed by atoms with Gasteiger partial charge in [-0.2, -0.15) is 0 Å². The third-order valence-corrected chi connectivity index (χ3v) is 7.63. The average molecular weight is 733 g/mol. The van der Waals surface area contributed by atoms with Crippen LogP contribution < -0.4 is 21.3 Å². The third kappa shape index (κ3) is 18.5. The fourth-order valence-corrected chi connectivity index (χ4v) is 4.95. The molecule has 3 aromatic carbocycles. The molecular formula is C40H52N4O9. The van der Waals surface area contributed by atoms with Crippen molar-refractivity contribution in [2.45, 2.75) is 96.8 Å². The number of hydrogen-bond donors (Lipinski definition) is 4. The molecule has 0 saturated heterocycles. The number of alkyl carbamates (subject to hydrolysis) is 3. The lowest BCUT2D eigenvalue weighted by Gasteiger charge is -2.26. The lowest BCUT2D eigenvalue weighted by atomic mass is 10.1. The van der Waals surface area contributed by atoms with E-state index in [1.165, 1.54) is 0 Å². The highest BCUT2D eigenvalue weighted by atomic mass is 16.6. The van der Waals surface area contributed by atoms with E-state index in [1.54, 1.807) is 20.8 Å². The van der Waals surface area contributed by atoms with Crippen LogP contribution in [0, 0.1) is 0 Å². The Morgan fingerprint density at radius 1 is 0.528 bits per heavy atom. The highest BCUT2D eigenvalue weighted by Gasteiger charge is 2.30. The maximum Gasteiger partial charge on any atom is 0.408 e. The second-order valence-electron chi connectivity index (χ2n) is 13.3. The van der Waals surface area contributed by atoms with Gasteiger partial charge in [-0.25, -0.2) is 19.2 Å². The molecule has 3 aromatic rings. The van der Waals surface area contributed by atoms with Crippen LogP contribution in [0.4, 0.5) is 14.4 Å². The van der Waals surface area contributed by atoms with E-state index < -0.39 is 47.8 Å². The van der Waals surface area contributed by atoms with Gasteiger partial charge in [-0.05, 0) is 76.0 Å². The predicted octanol–water partition coefficient (Wildman–Crippen LogP) is 6.30. The van der Waals surface area contributed by atoms with Gasteiger partial charge in [0.15, 0.2) is 0 Å². The summed E-state index contributed by atoms with van der Waals surface area (Å²) in [6.45, 7) is 6.06. The van der Waals surface area contributed by atoms with Crippen molar-refractivity contribution in [3.8, 4) is 0 Å². The van der Waals surface area contributed by atoms with Crippen LogP contribution in [0.5, 0.6) is 0 Å². The van der Waals surface area contributed by atoms with Gasteiger partial charge in [0.1, 0.15) is 37.5 Å². The summed E-state index contributed by atoms with van der Waals surface area (Å²) in [7, 11) is 0. The highest BCUT2D eigenvalue weighted by Crippen LogP contribution is 2.13. The molecule has 13 heteroatoms. The molecule has 2 atom stereocenters. The van der Waals surface area contributed by atoms with Gasteiger partial charge >= 0.3 is 24.2 Å². The maximum absolute atomic E-state index is 13.6. The van der Waals surface area contributed by atoms with Crippen LogP contribution in [0.1, 0.15) is 76.0 Å². The zero-order chi connectivity index (χ0) is 38.3. The van der Waals surface area contributed by atoms with Gasteiger partial charge in [0.05, 0.1) is 0 Å². The molecule has 0 bridgehead atoms. The van der Waals surface area contributed by atoms with Crippen molar-refractivity contribution in [3.63, 3.8) is 0 Å². The smallest absolute Gasteiger partial charge is 0.408 e. The number of amides is 4. The quantitative estimate of drug-likeness (QED) is 0.0591. The topological polar surface area (TPSA) is 170 Å². The number of ether oxygens (including phenoxy) is 4. The predicted molar refractivity (Wildman–Crippen MR) is 198 cm³/mol. The SMILES string of the molecule is CC(C)(C)OC(=O)[C@H](CCCCNC(=O)OCc1ccccc1)NC(=O)[C@H](CCCCNC(=O)OCc1ccccc1)NC(=O)OCc1ccccc1. The van der Waals surface area contributed by atoms with E-state index in [1.807, 2.05) is 91.0 Å². The molecule has 3 rings (SSSR count). The summed E-state index contributed by atoms with van der Waals surface area (Å²) in [6, 6.07) is 25.7. The van der Waals surface area contributed by atoms with Gasteiger partial charge in [-0.15, -0.1) is 0 Å². The van der Waals surface area contributed by atoms with E-state index in [2.05, 4.69) is 21.3 Å². The van der Waals surface area contributed by atoms with Crippen LogP contribution in [0.2, 0.25) is 0 Å². The number of hydrogen-bond acceptors (Lipinski definition) is 9. The summed E-state index contributed by atoms with van der Waals surface area (Å²) < 4.78 is 21.4. The Morgan fingerprint density at radius 3 is 1.34 bits per heavy atom. The normalized spacial score (nSPS) is 12.0. The van der Waals surface area contributed by atoms with Gasteiger partial charge in [0.2, 0.25) is 5.91 Å². The summed E-state index contributed by atoms with van der Waals surface area (Å²) >= 11 is 0. The van der Waals surface area contributed by atoms with E-state index in [9.17, 15) is 24.0 Å². The van der Waals surface area contributed by atoms with Crippen molar-refractivity contribution in [2.75, 3.05) is 13.1 Å². The number of esters is 1. The Labute approximate surface area is 311 Å². The molecule has 0 aliphatic carbocycles. The van der Waals surface area contributed by atoms with E-state index >= 15 is 0 Å². The molecule has 0 spiro atoms. The first-order valence-electron chi connectivity index (χ1n) is 17.9. The van der Waals surface area contributed by atoms with Crippen LogP contribution in [0.3, 0.4) is 0 Å². The van der Waals surface area contributed by atoms with Gasteiger partial charge in [-0.1, -0.05) is 91.0 Å². The van der Waals surface area contributed by atoms with Crippen LogP contribution >= 0.6 is 0 Å². The highest BCUT2D eigenvalue weighted by molar-refractivity contribution is 5.89. The Balaban J connectivity index is 1.53. The first-order chi connectivity index (χ1) is 25.5. The van der Waals surface area contributed by atoms with Crippen molar-refractivity contribution < 1.29 is 42.9 Å². The van der Waals surface area contributed by atoms with Crippen molar-refractivity contribution >= 4 is 30.2 Å². The number of nitrogens with one attached hydrogen (secondary N) is 4.